The van der Waals surface area contributed by atoms with E-state index in [0.29, 0.717) is 4.77 Å². The molecule has 1 heterocycles. The molecule has 0 unspecified atom stereocenters. The normalized spacial score (nSPS) is 16.3. The Kier molecular flexibility index (Phi) is 1.50. The zero-order valence-electron chi connectivity index (χ0n) is 6.11. The van der Waals surface area contributed by atoms with Crippen LogP contribution in [0.5, 0.6) is 0 Å². The van der Waals surface area contributed by atoms with Gasteiger partial charge in [0.25, 0.3) is 0 Å². The number of carbonyl (C=O) groups is 1. The Labute approximate surface area is 73.0 Å². The van der Waals surface area contributed by atoms with Gasteiger partial charge < -0.3 is 9.90 Å². The largest absolute Gasteiger partial charge is 0.541 e. The van der Waals surface area contributed by atoms with Crippen molar-refractivity contribution in [3.8, 4) is 0 Å². The minimum Gasteiger partial charge on any atom is -0.541 e. The average Bonchev–Trinajstić information content (AvgIpc) is 2.75. The molecule has 2 rings (SSSR count). The first-order valence-corrected chi connectivity index (χ1v) is 3.99. The van der Waals surface area contributed by atoms with Gasteiger partial charge in [0.1, 0.15) is 5.97 Å². The van der Waals surface area contributed by atoms with Crippen LogP contribution in [0.1, 0.15) is 29.5 Å². The van der Waals surface area contributed by atoms with E-state index < -0.39 is 5.97 Å². The predicted molar refractivity (Wildman–Crippen MR) is 40.0 cm³/mol. The molecule has 1 aliphatic carbocycles. The number of rotatable bonds is 2. The second kappa shape index (κ2) is 2.41. The van der Waals surface area contributed by atoms with Crippen LogP contribution in [0, 0.1) is 4.77 Å². The minimum atomic E-state index is -1.28. The summed E-state index contributed by atoms with van der Waals surface area (Å²) in [7, 11) is 0. The van der Waals surface area contributed by atoms with Crippen molar-refractivity contribution in [3.05, 3.63) is 10.6 Å². The lowest BCUT2D eigenvalue weighted by Crippen LogP contribution is -2.26. The summed E-state index contributed by atoms with van der Waals surface area (Å²) in [6.45, 7) is 0. The maximum Gasteiger partial charge on any atom is 0.195 e. The Bertz CT molecular complexity index is 376. The standard InChI is InChI=1S/C6H7N3O2S/c10-5(11)4-7-8-6(12)9(4)3-1-2-3/h3H,1-2H2,(H,8,12)(H,10,11)/p-1. The molecule has 0 spiro atoms. The van der Waals surface area contributed by atoms with Gasteiger partial charge in [-0.25, -0.2) is 0 Å². The fraction of sp³-hybridized carbons (Fsp3) is 0.500. The van der Waals surface area contributed by atoms with Gasteiger partial charge in [-0.3, -0.25) is 9.67 Å². The summed E-state index contributed by atoms with van der Waals surface area (Å²) in [6.07, 6.45) is 1.93. The first-order chi connectivity index (χ1) is 5.70. The number of hydrogen-bond acceptors (Lipinski definition) is 4. The number of carbonyl (C=O) groups excluding carboxylic acids is 1. The fourth-order valence-electron chi connectivity index (χ4n) is 1.12. The van der Waals surface area contributed by atoms with Gasteiger partial charge in [0, 0.05) is 6.04 Å². The quantitative estimate of drug-likeness (QED) is 0.637. The van der Waals surface area contributed by atoms with Crippen molar-refractivity contribution >= 4 is 18.2 Å². The van der Waals surface area contributed by atoms with E-state index in [1.54, 1.807) is 0 Å². The molecule has 0 saturated heterocycles. The molecule has 12 heavy (non-hydrogen) atoms. The number of aromatic amines is 1. The summed E-state index contributed by atoms with van der Waals surface area (Å²) in [5.74, 6) is -1.38. The van der Waals surface area contributed by atoms with Crippen LogP contribution in [-0.4, -0.2) is 20.7 Å². The van der Waals surface area contributed by atoms with Gasteiger partial charge in [0.05, 0.1) is 0 Å². The molecule has 0 aromatic carbocycles. The van der Waals surface area contributed by atoms with Crippen LogP contribution >= 0.6 is 12.2 Å². The molecule has 1 aromatic rings. The van der Waals surface area contributed by atoms with Crippen molar-refractivity contribution < 1.29 is 9.90 Å². The maximum absolute atomic E-state index is 10.5. The Morgan fingerprint density at radius 2 is 2.42 bits per heavy atom. The van der Waals surface area contributed by atoms with Gasteiger partial charge >= 0.3 is 0 Å². The van der Waals surface area contributed by atoms with Crippen LogP contribution in [0.2, 0.25) is 0 Å². The van der Waals surface area contributed by atoms with Gasteiger partial charge in [-0.05, 0) is 25.1 Å². The Hall–Kier alpha value is -1.17. The van der Waals surface area contributed by atoms with Crippen LogP contribution in [-0.2, 0) is 0 Å². The van der Waals surface area contributed by atoms with Gasteiger partial charge in [0.2, 0.25) is 0 Å². The highest BCUT2D eigenvalue weighted by atomic mass is 32.1. The molecule has 1 saturated carbocycles. The number of aromatic carboxylic acids is 1. The number of hydrogen-bond donors (Lipinski definition) is 1. The van der Waals surface area contributed by atoms with Gasteiger partial charge in [0.15, 0.2) is 10.6 Å². The lowest BCUT2D eigenvalue weighted by Gasteiger charge is -2.03. The summed E-state index contributed by atoms with van der Waals surface area (Å²) in [5.41, 5.74) is 0. The third-order valence-electron chi connectivity index (χ3n) is 1.80. The molecule has 1 aliphatic rings. The molecular weight excluding hydrogens is 178 g/mol. The van der Waals surface area contributed by atoms with E-state index in [2.05, 4.69) is 10.2 Å². The van der Waals surface area contributed by atoms with Gasteiger partial charge in [-0.2, -0.15) is 5.10 Å². The number of carboxylic acid groups (broad SMARTS) is 1. The molecule has 1 N–H and O–H groups in total. The monoisotopic (exact) mass is 184 g/mol. The molecule has 0 aliphatic heterocycles. The zero-order chi connectivity index (χ0) is 8.72. The smallest absolute Gasteiger partial charge is 0.195 e. The lowest BCUT2D eigenvalue weighted by atomic mass is 10.5. The zero-order valence-corrected chi connectivity index (χ0v) is 6.93. The van der Waals surface area contributed by atoms with Crippen LogP contribution in [0.25, 0.3) is 0 Å². The van der Waals surface area contributed by atoms with Crippen molar-refractivity contribution in [2.45, 2.75) is 18.9 Å². The van der Waals surface area contributed by atoms with Crippen molar-refractivity contribution in [1.82, 2.24) is 14.8 Å². The van der Waals surface area contributed by atoms with E-state index in [0.717, 1.165) is 12.8 Å². The molecule has 0 radical (unpaired) electrons. The van der Waals surface area contributed by atoms with Crippen molar-refractivity contribution in [1.29, 1.82) is 0 Å². The second-order valence-corrected chi connectivity index (χ2v) is 3.13. The highest BCUT2D eigenvalue weighted by Crippen LogP contribution is 2.35. The second-order valence-electron chi connectivity index (χ2n) is 2.74. The van der Waals surface area contributed by atoms with Crippen LogP contribution in [0.4, 0.5) is 0 Å². The molecule has 0 bridgehead atoms. The number of carboxylic acids is 1. The fourth-order valence-corrected chi connectivity index (χ4v) is 1.40. The average molecular weight is 184 g/mol. The van der Waals surface area contributed by atoms with E-state index in [1.807, 2.05) is 0 Å². The SMILES string of the molecule is O=C([O-])c1n[nH]c(=S)n1C1CC1. The summed E-state index contributed by atoms with van der Waals surface area (Å²) >= 11 is 4.86. The predicted octanol–water partition coefficient (Wildman–Crippen LogP) is -0.361. The summed E-state index contributed by atoms with van der Waals surface area (Å²) in [6, 6.07) is 0.212. The van der Waals surface area contributed by atoms with Crippen molar-refractivity contribution in [2.75, 3.05) is 0 Å². The van der Waals surface area contributed by atoms with Gasteiger partial charge in [-0.1, -0.05) is 0 Å². The highest BCUT2D eigenvalue weighted by molar-refractivity contribution is 7.71. The Morgan fingerprint density at radius 1 is 1.75 bits per heavy atom. The number of aromatic nitrogens is 3. The molecule has 64 valence electrons. The van der Waals surface area contributed by atoms with Crippen LogP contribution < -0.4 is 5.11 Å². The molecule has 6 heteroatoms. The summed E-state index contributed by atoms with van der Waals surface area (Å²) in [4.78, 5) is 10.5. The molecule has 1 fully saturated rings. The number of H-pyrrole nitrogens is 1. The molecule has 1 aromatic heterocycles. The van der Waals surface area contributed by atoms with Crippen LogP contribution in [0.15, 0.2) is 0 Å². The van der Waals surface area contributed by atoms with E-state index >= 15 is 0 Å². The third-order valence-corrected chi connectivity index (χ3v) is 2.09. The van der Waals surface area contributed by atoms with E-state index in [4.69, 9.17) is 12.2 Å². The van der Waals surface area contributed by atoms with E-state index in [-0.39, 0.29) is 11.9 Å². The van der Waals surface area contributed by atoms with E-state index in [9.17, 15) is 9.90 Å². The van der Waals surface area contributed by atoms with E-state index in [1.165, 1.54) is 4.57 Å². The van der Waals surface area contributed by atoms with Gasteiger partial charge in [-0.15, -0.1) is 0 Å². The summed E-state index contributed by atoms with van der Waals surface area (Å²) < 4.78 is 1.86. The summed E-state index contributed by atoms with van der Waals surface area (Å²) in [5, 5.41) is 16.5. The third kappa shape index (κ3) is 1.04. The molecule has 0 atom stereocenters. The molecule has 0 amide bonds. The first-order valence-electron chi connectivity index (χ1n) is 3.58. The number of nitrogens with one attached hydrogen (secondary N) is 1. The highest BCUT2D eigenvalue weighted by Gasteiger charge is 2.27. The Balaban J connectivity index is 2.53. The maximum atomic E-state index is 10.5. The topological polar surface area (TPSA) is 73.7 Å². The first kappa shape index (κ1) is 7.48. The van der Waals surface area contributed by atoms with Crippen molar-refractivity contribution in [2.24, 2.45) is 0 Å². The molecule has 5 nitrogen and oxygen atoms in total. The Morgan fingerprint density at radius 3 is 2.92 bits per heavy atom. The molecular formula is C6H6N3O2S-. The van der Waals surface area contributed by atoms with Crippen LogP contribution in [0.3, 0.4) is 0 Å². The van der Waals surface area contributed by atoms with Crippen molar-refractivity contribution in [3.63, 3.8) is 0 Å². The minimum absolute atomic E-state index is 0.0949. The lowest BCUT2D eigenvalue weighted by molar-refractivity contribution is -0.256. The number of nitrogens with zero attached hydrogens (tertiary/aromatic N) is 2.